The Morgan fingerprint density at radius 1 is 1.24 bits per heavy atom. The SMILES string of the molecule is CCCOc1ccc(/C=C/C(=O)Nc2nc(-c3cccc(Br)c3)cs2)cc1OC. The van der Waals surface area contributed by atoms with Crippen molar-refractivity contribution in [2.75, 3.05) is 19.0 Å². The zero-order chi connectivity index (χ0) is 20.6. The molecule has 0 aliphatic heterocycles. The summed E-state index contributed by atoms with van der Waals surface area (Å²) in [6, 6.07) is 13.4. The maximum Gasteiger partial charge on any atom is 0.250 e. The molecule has 0 aliphatic rings. The number of methoxy groups -OCH3 is 1. The van der Waals surface area contributed by atoms with Gasteiger partial charge in [-0.25, -0.2) is 4.98 Å². The number of benzene rings is 2. The van der Waals surface area contributed by atoms with Crippen LogP contribution in [0.1, 0.15) is 18.9 Å². The highest BCUT2D eigenvalue weighted by Gasteiger charge is 2.08. The van der Waals surface area contributed by atoms with Crippen LogP contribution < -0.4 is 14.8 Å². The largest absolute Gasteiger partial charge is 0.493 e. The molecule has 7 heteroatoms. The second-order valence-electron chi connectivity index (χ2n) is 6.13. The van der Waals surface area contributed by atoms with E-state index >= 15 is 0 Å². The van der Waals surface area contributed by atoms with Crippen LogP contribution >= 0.6 is 27.3 Å². The maximum absolute atomic E-state index is 12.3. The van der Waals surface area contributed by atoms with Gasteiger partial charge >= 0.3 is 0 Å². The van der Waals surface area contributed by atoms with E-state index in [1.165, 1.54) is 17.4 Å². The van der Waals surface area contributed by atoms with E-state index in [0.717, 1.165) is 27.7 Å². The molecule has 1 heterocycles. The summed E-state index contributed by atoms with van der Waals surface area (Å²) in [5.41, 5.74) is 2.65. The van der Waals surface area contributed by atoms with Crippen LogP contribution in [0.5, 0.6) is 11.5 Å². The quantitative estimate of drug-likeness (QED) is 0.407. The fourth-order valence-corrected chi connectivity index (χ4v) is 3.67. The van der Waals surface area contributed by atoms with E-state index in [-0.39, 0.29) is 5.91 Å². The minimum Gasteiger partial charge on any atom is -0.493 e. The topological polar surface area (TPSA) is 60.5 Å². The van der Waals surface area contributed by atoms with E-state index in [4.69, 9.17) is 9.47 Å². The molecule has 5 nitrogen and oxygen atoms in total. The van der Waals surface area contributed by atoms with Crippen LogP contribution in [0, 0.1) is 0 Å². The molecule has 3 aromatic rings. The first-order valence-electron chi connectivity index (χ1n) is 9.10. The summed E-state index contributed by atoms with van der Waals surface area (Å²) in [5, 5.41) is 5.27. The number of nitrogens with zero attached hydrogens (tertiary/aromatic N) is 1. The fourth-order valence-electron chi connectivity index (χ4n) is 2.55. The van der Waals surface area contributed by atoms with Crippen LogP contribution in [0.2, 0.25) is 0 Å². The highest BCUT2D eigenvalue weighted by atomic mass is 79.9. The Morgan fingerprint density at radius 3 is 2.86 bits per heavy atom. The highest BCUT2D eigenvalue weighted by Crippen LogP contribution is 2.29. The number of nitrogens with one attached hydrogen (secondary N) is 1. The Kier molecular flexibility index (Phi) is 7.43. The molecule has 0 bridgehead atoms. The highest BCUT2D eigenvalue weighted by molar-refractivity contribution is 9.10. The predicted molar refractivity (Wildman–Crippen MR) is 122 cm³/mol. The minimum absolute atomic E-state index is 0.245. The second kappa shape index (κ2) is 10.2. The summed E-state index contributed by atoms with van der Waals surface area (Å²) in [6.45, 7) is 2.68. The standard InChI is InChI=1S/C22H21BrN2O3S/c1-3-11-28-19-9-7-15(12-20(19)27-2)8-10-21(26)25-22-24-18(14-29-22)16-5-4-6-17(23)13-16/h4-10,12-14H,3,11H2,1-2H3,(H,24,25,26)/b10-8+. The molecule has 1 amide bonds. The van der Waals surface area contributed by atoms with Crippen LogP contribution in [-0.2, 0) is 4.79 Å². The van der Waals surface area contributed by atoms with Crippen molar-refractivity contribution in [1.29, 1.82) is 0 Å². The van der Waals surface area contributed by atoms with Crippen molar-refractivity contribution < 1.29 is 14.3 Å². The van der Waals surface area contributed by atoms with Gasteiger partial charge in [0.1, 0.15) is 0 Å². The summed E-state index contributed by atoms with van der Waals surface area (Å²) < 4.78 is 12.0. The first kappa shape index (κ1) is 21.1. The number of hydrogen-bond acceptors (Lipinski definition) is 5. The lowest BCUT2D eigenvalue weighted by molar-refractivity contribution is -0.111. The molecule has 0 aliphatic carbocycles. The molecule has 0 saturated carbocycles. The number of aromatic nitrogens is 1. The zero-order valence-electron chi connectivity index (χ0n) is 16.1. The molecule has 150 valence electrons. The molecule has 0 spiro atoms. The molecule has 3 rings (SSSR count). The van der Waals surface area contributed by atoms with E-state index in [1.54, 1.807) is 13.2 Å². The number of ether oxygens (including phenoxy) is 2. The lowest BCUT2D eigenvalue weighted by Gasteiger charge is -2.10. The normalized spacial score (nSPS) is 10.9. The fraction of sp³-hybridized carbons (Fsp3) is 0.182. The summed E-state index contributed by atoms with van der Waals surface area (Å²) in [4.78, 5) is 16.7. The van der Waals surface area contributed by atoms with E-state index in [2.05, 4.69) is 26.2 Å². The van der Waals surface area contributed by atoms with Crippen molar-refractivity contribution in [3.05, 3.63) is 64.0 Å². The molecule has 1 N–H and O–H groups in total. The number of carbonyl (C=O) groups excluding carboxylic acids is 1. The van der Waals surface area contributed by atoms with Gasteiger partial charge in [-0.15, -0.1) is 11.3 Å². The number of carbonyl (C=O) groups is 1. The van der Waals surface area contributed by atoms with Crippen molar-refractivity contribution in [3.8, 4) is 22.8 Å². The Morgan fingerprint density at radius 2 is 2.10 bits per heavy atom. The Labute approximate surface area is 182 Å². The molecule has 0 saturated heterocycles. The molecule has 0 radical (unpaired) electrons. The first-order valence-corrected chi connectivity index (χ1v) is 10.8. The van der Waals surface area contributed by atoms with Crippen molar-refractivity contribution in [1.82, 2.24) is 4.98 Å². The van der Waals surface area contributed by atoms with Gasteiger partial charge in [0, 0.05) is 21.5 Å². The Balaban J connectivity index is 1.64. The second-order valence-corrected chi connectivity index (χ2v) is 7.90. The summed E-state index contributed by atoms with van der Waals surface area (Å²) in [6.07, 6.45) is 4.12. The van der Waals surface area contributed by atoms with Crippen LogP contribution in [0.25, 0.3) is 17.3 Å². The summed E-state index contributed by atoms with van der Waals surface area (Å²) in [5.74, 6) is 1.09. The van der Waals surface area contributed by atoms with Gasteiger partial charge in [-0.3, -0.25) is 10.1 Å². The third-order valence-corrected chi connectivity index (χ3v) is 5.18. The molecule has 29 heavy (non-hydrogen) atoms. The van der Waals surface area contributed by atoms with Gasteiger partial charge in [0.15, 0.2) is 16.6 Å². The lowest BCUT2D eigenvalue weighted by Crippen LogP contribution is -2.07. The molecule has 0 unspecified atom stereocenters. The average Bonchev–Trinajstić information content (AvgIpc) is 3.19. The number of hydrogen-bond donors (Lipinski definition) is 1. The first-order chi connectivity index (χ1) is 14.1. The van der Waals surface area contributed by atoms with E-state index in [0.29, 0.717) is 23.2 Å². The van der Waals surface area contributed by atoms with E-state index in [1.807, 2.05) is 54.8 Å². The monoisotopic (exact) mass is 472 g/mol. The summed E-state index contributed by atoms with van der Waals surface area (Å²) in [7, 11) is 1.60. The lowest BCUT2D eigenvalue weighted by atomic mass is 10.2. The minimum atomic E-state index is -0.245. The molecular formula is C22H21BrN2O3S. The summed E-state index contributed by atoms with van der Waals surface area (Å²) >= 11 is 4.84. The number of thiazole rings is 1. The smallest absolute Gasteiger partial charge is 0.250 e. The number of rotatable bonds is 8. The molecule has 0 atom stereocenters. The van der Waals surface area contributed by atoms with E-state index < -0.39 is 0 Å². The van der Waals surface area contributed by atoms with Gasteiger partial charge in [-0.2, -0.15) is 0 Å². The van der Waals surface area contributed by atoms with Gasteiger partial charge in [0.25, 0.3) is 0 Å². The molecule has 2 aromatic carbocycles. The van der Waals surface area contributed by atoms with Gasteiger partial charge in [0.2, 0.25) is 5.91 Å². The number of halogens is 1. The van der Waals surface area contributed by atoms with Crippen LogP contribution in [-0.4, -0.2) is 24.6 Å². The average molecular weight is 473 g/mol. The van der Waals surface area contributed by atoms with Gasteiger partial charge < -0.3 is 9.47 Å². The van der Waals surface area contributed by atoms with Crippen LogP contribution in [0.4, 0.5) is 5.13 Å². The van der Waals surface area contributed by atoms with Gasteiger partial charge in [0.05, 0.1) is 19.4 Å². The van der Waals surface area contributed by atoms with Crippen molar-refractivity contribution >= 4 is 44.4 Å². The Bertz CT molecular complexity index is 1020. The third-order valence-electron chi connectivity index (χ3n) is 3.93. The van der Waals surface area contributed by atoms with Gasteiger partial charge in [-0.1, -0.05) is 41.1 Å². The van der Waals surface area contributed by atoms with E-state index in [9.17, 15) is 4.79 Å². The maximum atomic E-state index is 12.3. The molecular weight excluding hydrogens is 452 g/mol. The van der Waals surface area contributed by atoms with Crippen molar-refractivity contribution in [3.63, 3.8) is 0 Å². The number of amides is 1. The molecule has 0 fully saturated rings. The Hall–Kier alpha value is -2.64. The number of anilines is 1. The van der Waals surface area contributed by atoms with Crippen LogP contribution in [0.15, 0.2) is 58.4 Å². The van der Waals surface area contributed by atoms with Gasteiger partial charge in [-0.05, 0) is 42.3 Å². The predicted octanol–water partition coefficient (Wildman–Crippen LogP) is 6.02. The zero-order valence-corrected chi connectivity index (χ0v) is 18.5. The van der Waals surface area contributed by atoms with Crippen molar-refractivity contribution in [2.45, 2.75) is 13.3 Å². The van der Waals surface area contributed by atoms with Crippen molar-refractivity contribution in [2.24, 2.45) is 0 Å². The molecule has 1 aromatic heterocycles. The third kappa shape index (κ3) is 5.92. The van der Waals surface area contributed by atoms with Crippen LogP contribution in [0.3, 0.4) is 0 Å².